The van der Waals surface area contributed by atoms with Crippen LogP contribution >= 0.6 is 11.8 Å². The van der Waals surface area contributed by atoms with E-state index >= 15 is 0 Å². The maximum atomic E-state index is 13.5. The first-order valence-corrected chi connectivity index (χ1v) is 6.62. The van der Waals surface area contributed by atoms with Crippen molar-refractivity contribution in [3.05, 3.63) is 29.3 Å². The Hall–Kier alpha value is -1.28. The van der Waals surface area contributed by atoms with Crippen LogP contribution in [0.2, 0.25) is 0 Å². The lowest BCUT2D eigenvalue weighted by Crippen LogP contribution is -2.18. The zero-order valence-electron chi connectivity index (χ0n) is 9.76. The van der Waals surface area contributed by atoms with Gasteiger partial charge in [0.15, 0.2) is 11.6 Å². The van der Waals surface area contributed by atoms with Crippen LogP contribution < -0.4 is 5.32 Å². The van der Waals surface area contributed by atoms with Crippen LogP contribution in [0.4, 0.5) is 14.5 Å². The molecule has 0 aromatic heterocycles. The van der Waals surface area contributed by atoms with E-state index in [1.165, 1.54) is 0 Å². The maximum Gasteiger partial charge on any atom is 0.150 e. The highest BCUT2D eigenvalue weighted by molar-refractivity contribution is 7.98. The maximum absolute atomic E-state index is 13.5. The summed E-state index contributed by atoms with van der Waals surface area (Å²) in [6.45, 7) is 1.87. The highest BCUT2D eigenvalue weighted by atomic mass is 32.2. The molecule has 92 valence electrons. The highest BCUT2D eigenvalue weighted by Gasteiger charge is 2.13. The monoisotopic (exact) mass is 256 g/mol. The molecule has 0 aliphatic heterocycles. The zero-order chi connectivity index (χ0) is 12.8. The number of thioether (sulfide) groups is 1. The van der Waals surface area contributed by atoms with E-state index in [1.54, 1.807) is 17.8 Å². The van der Waals surface area contributed by atoms with Crippen molar-refractivity contribution in [3.63, 3.8) is 0 Å². The second-order valence-electron chi connectivity index (χ2n) is 3.75. The molecule has 1 N–H and O–H groups in total. The molecule has 0 saturated heterocycles. The first kappa shape index (κ1) is 13.8. The molecule has 17 heavy (non-hydrogen) atoms. The average Bonchev–Trinajstić information content (AvgIpc) is 2.30. The Balaban J connectivity index is 2.81. The third-order valence-electron chi connectivity index (χ3n) is 2.32. The molecule has 0 saturated carbocycles. The third kappa shape index (κ3) is 3.90. The van der Waals surface area contributed by atoms with Gasteiger partial charge in [-0.3, -0.25) is 0 Å². The third-order valence-corrected chi connectivity index (χ3v) is 2.96. The summed E-state index contributed by atoms with van der Waals surface area (Å²) in [4.78, 5) is 0. The van der Waals surface area contributed by atoms with E-state index in [0.717, 1.165) is 24.3 Å². The second-order valence-corrected chi connectivity index (χ2v) is 4.74. The van der Waals surface area contributed by atoms with Crippen LogP contribution in [0.1, 0.15) is 18.9 Å². The minimum atomic E-state index is -0.724. The summed E-state index contributed by atoms with van der Waals surface area (Å²) in [5.41, 5.74) is -0.167. The first-order chi connectivity index (χ1) is 8.08. The lowest BCUT2D eigenvalue weighted by Gasteiger charge is -2.16. The van der Waals surface area contributed by atoms with Crippen LogP contribution in [0.5, 0.6) is 0 Å². The molecular formula is C12H14F2N2S. The molecule has 0 fully saturated rings. The van der Waals surface area contributed by atoms with Gasteiger partial charge in [0.1, 0.15) is 5.69 Å². The fourth-order valence-electron chi connectivity index (χ4n) is 1.39. The average molecular weight is 256 g/mol. The number of nitrogens with zero attached hydrogens (tertiary/aromatic N) is 1. The summed E-state index contributed by atoms with van der Waals surface area (Å²) in [6.07, 6.45) is 2.80. The smallest absolute Gasteiger partial charge is 0.150 e. The quantitative estimate of drug-likeness (QED) is 0.877. The predicted molar refractivity (Wildman–Crippen MR) is 67.2 cm³/mol. The van der Waals surface area contributed by atoms with E-state index in [9.17, 15) is 8.78 Å². The predicted octanol–water partition coefficient (Wildman–Crippen LogP) is 3.39. The number of anilines is 1. The molecule has 0 amide bonds. The number of rotatable bonds is 5. The standard InChI is InChI=1S/C12H14F2N2S/c1-8(3-4-17-2)16-12-10(13)5-9(7-15)6-11(12)14/h5-6,8,16H,3-4H2,1-2H3. The Bertz CT molecular complexity index is 406. The van der Waals surface area contributed by atoms with Crippen LogP contribution in [0, 0.1) is 23.0 Å². The van der Waals surface area contributed by atoms with Crippen molar-refractivity contribution < 1.29 is 8.78 Å². The largest absolute Gasteiger partial charge is 0.378 e. The van der Waals surface area contributed by atoms with Gasteiger partial charge in [0.25, 0.3) is 0 Å². The van der Waals surface area contributed by atoms with Gasteiger partial charge in [0.05, 0.1) is 11.6 Å². The van der Waals surface area contributed by atoms with Crippen molar-refractivity contribution in [3.8, 4) is 6.07 Å². The fraction of sp³-hybridized carbons (Fsp3) is 0.417. The van der Waals surface area contributed by atoms with E-state index in [0.29, 0.717) is 0 Å². The Kier molecular flexibility index (Phi) is 5.23. The summed E-state index contributed by atoms with van der Waals surface area (Å²) in [7, 11) is 0. The van der Waals surface area contributed by atoms with Crippen molar-refractivity contribution in [1.29, 1.82) is 5.26 Å². The first-order valence-electron chi connectivity index (χ1n) is 5.23. The number of hydrogen-bond donors (Lipinski definition) is 1. The number of nitriles is 1. The van der Waals surface area contributed by atoms with Crippen LogP contribution in [0.15, 0.2) is 12.1 Å². The molecule has 0 heterocycles. The van der Waals surface area contributed by atoms with E-state index in [1.807, 2.05) is 13.2 Å². The van der Waals surface area contributed by atoms with Gasteiger partial charge >= 0.3 is 0 Å². The highest BCUT2D eigenvalue weighted by Crippen LogP contribution is 2.22. The van der Waals surface area contributed by atoms with Gasteiger partial charge in [-0.15, -0.1) is 0 Å². The number of halogens is 2. The normalized spacial score (nSPS) is 11.9. The molecular weight excluding hydrogens is 242 g/mol. The molecule has 1 aromatic rings. The summed E-state index contributed by atoms with van der Waals surface area (Å²) < 4.78 is 27.0. The zero-order valence-corrected chi connectivity index (χ0v) is 10.6. The van der Waals surface area contributed by atoms with E-state index < -0.39 is 11.6 Å². The molecule has 0 aliphatic carbocycles. The SMILES string of the molecule is CSCCC(C)Nc1c(F)cc(C#N)cc1F. The van der Waals surface area contributed by atoms with Crippen molar-refractivity contribution in [2.45, 2.75) is 19.4 Å². The lowest BCUT2D eigenvalue weighted by molar-refractivity contribution is 0.581. The Morgan fingerprint density at radius 1 is 1.41 bits per heavy atom. The number of benzene rings is 1. The molecule has 1 rings (SSSR count). The van der Waals surface area contributed by atoms with Crippen LogP contribution in [0.3, 0.4) is 0 Å². The molecule has 0 spiro atoms. The Morgan fingerprint density at radius 3 is 2.47 bits per heavy atom. The minimum absolute atomic E-state index is 0.0117. The summed E-state index contributed by atoms with van der Waals surface area (Å²) >= 11 is 1.68. The van der Waals surface area contributed by atoms with Crippen LogP contribution in [-0.4, -0.2) is 18.1 Å². The fourth-order valence-corrected chi connectivity index (χ4v) is 1.98. The molecule has 2 nitrogen and oxygen atoms in total. The molecule has 1 unspecified atom stereocenters. The van der Waals surface area contributed by atoms with Crippen molar-refractivity contribution in [2.75, 3.05) is 17.3 Å². The van der Waals surface area contributed by atoms with Gasteiger partial charge in [-0.1, -0.05) is 0 Å². The van der Waals surface area contributed by atoms with Crippen molar-refractivity contribution in [2.24, 2.45) is 0 Å². The van der Waals surface area contributed by atoms with Crippen LogP contribution in [-0.2, 0) is 0 Å². The lowest BCUT2D eigenvalue weighted by atomic mass is 10.1. The van der Waals surface area contributed by atoms with Crippen LogP contribution in [0.25, 0.3) is 0 Å². The minimum Gasteiger partial charge on any atom is -0.378 e. The Morgan fingerprint density at radius 2 is 2.00 bits per heavy atom. The van der Waals surface area contributed by atoms with Gasteiger partial charge in [-0.05, 0) is 37.5 Å². The number of nitrogens with one attached hydrogen (secondary N) is 1. The van der Waals surface area contributed by atoms with E-state index in [-0.39, 0.29) is 17.3 Å². The molecule has 0 bridgehead atoms. The van der Waals surface area contributed by atoms with E-state index in [2.05, 4.69) is 5.32 Å². The Labute approximate surface area is 104 Å². The van der Waals surface area contributed by atoms with Gasteiger partial charge in [-0.25, -0.2) is 8.78 Å². The van der Waals surface area contributed by atoms with Gasteiger partial charge in [0.2, 0.25) is 0 Å². The van der Waals surface area contributed by atoms with Crippen molar-refractivity contribution in [1.82, 2.24) is 0 Å². The van der Waals surface area contributed by atoms with Gasteiger partial charge in [-0.2, -0.15) is 17.0 Å². The molecule has 1 aromatic carbocycles. The molecule has 5 heteroatoms. The van der Waals surface area contributed by atoms with Crippen molar-refractivity contribution >= 4 is 17.4 Å². The summed E-state index contributed by atoms with van der Waals surface area (Å²) in [6, 6.07) is 3.77. The van der Waals surface area contributed by atoms with Gasteiger partial charge < -0.3 is 5.32 Å². The molecule has 1 atom stereocenters. The topological polar surface area (TPSA) is 35.8 Å². The number of hydrogen-bond acceptors (Lipinski definition) is 3. The summed E-state index contributed by atoms with van der Waals surface area (Å²) in [5.74, 6) is -0.525. The molecule has 0 aliphatic rings. The molecule has 0 radical (unpaired) electrons. The summed E-state index contributed by atoms with van der Waals surface area (Å²) in [5, 5.41) is 11.4. The van der Waals surface area contributed by atoms with E-state index in [4.69, 9.17) is 5.26 Å². The second kappa shape index (κ2) is 6.45. The van der Waals surface area contributed by atoms with Gasteiger partial charge in [0, 0.05) is 6.04 Å².